The van der Waals surface area contributed by atoms with E-state index in [0.717, 1.165) is 24.1 Å². The summed E-state index contributed by atoms with van der Waals surface area (Å²) in [6.45, 7) is 6.35. The van der Waals surface area contributed by atoms with Crippen LogP contribution < -0.4 is 16.4 Å². The zero-order valence-electron chi connectivity index (χ0n) is 17.0. The van der Waals surface area contributed by atoms with E-state index in [1.54, 1.807) is 24.3 Å². The molecule has 8 heteroatoms. The second-order valence-corrected chi connectivity index (χ2v) is 8.34. The van der Waals surface area contributed by atoms with Crippen LogP contribution in [0.2, 0.25) is 0 Å². The Morgan fingerprint density at radius 2 is 1.76 bits per heavy atom. The quantitative estimate of drug-likeness (QED) is 0.658. The molecule has 8 nitrogen and oxygen atoms in total. The molecule has 3 amide bonds. The van der Waals surface area contributed by atoms with Crippen LogP contribution >= 0.6 is 0 Å². The van der Waals surface area contributed by atoms with E-state index in [0.29, 0.717) is 23.7 Å². The van der Waals surface area contributed by atoms with Crippen molar-refractivity contribution in [2.24, 2.45) is 5.73 Å². The first kappa shape index (κ1) is 20.6. The molecule has 1 aliphatic rings. The van der Waals surface area contributed by atoms with Gasteiger partial charge in [0.25, 0.3) is 11.8 Å². The highest BCUT2D eigenvalue weighted by atomic mass is 16.2. The van der Waals surface area contributed by atoms with Crippen LogP contribution in [0.3, 0.4) is 0 Å². The molecule has 0 radical (unpaired) electrons. The minimum Gasteiger partial charge on any atom is -0.368 e. The van der Waals surface area contributed by atoms with Gasteiger partial charge in [0.1, 0.15) is 5.69 Å². The zero-order chi connectivity index (χ0) is 21.2. The molecule has 0 aliphatic heterocycles. The highest BCUT2D eigenvalue weighted by Crippen LogP contribution is 2.41. The SMILES string of the molecule is CC(C)(C)n1nc(C(=O)NCc2ccc(C(=O)NCC(N)=O)cc2)cc1C1CC1. The highest BCUT2D eigenvalue weighted by molar-refractivity contribution is 5.96. The lowest BCUT2D eigenvalue weighted by Crippen LogP contribution is -2.33. The first-order valence-electron chi connectivity index (χ1n) is 9.69. The third-order valence-electron chi connectivity index (χ3n) is 4.69. The van der Waals surface area contributed by atoms with E-state index in [9.17, 15) is 14.4 Å². The average Bonchev–Trinajstić information content (AvgIpc) is 3.41. The fourth-order valence-corrected chi connectivity index (χ4v) is 3.03. The molecule has 1 aromatic carbocycles. The lowest BCUT2D eigenvalue weighted by molar-refractivity contribution is -0.117. The maximum Gasteiger partial charge on any atom is 0.272 e. The molecular weight excluding hydrogens is 370 g/mol. The van der Waals surface area contributed by atoms with E-state index in [1.807, 2.05) is 10.7 Å². The number of amides is 3. The lowest BCUT2D eigenvalue weighted by atomic mass is 10.1. The van der Waals surface area contributed by atoms with E-state index in [2.05, 4.69) is 36.5 Å². The van der Waals surface area contributed by atoms with Gasteiger partial charge < -0.3 is 16.4 Å². The van der Waals surface area contributed by atoms with Gasteiger partial charge in [0.05, 0.1) is 12.1 Å². The third-order valence-corrected chi connectivity index (χ3v) is 4.69. The van der Waals surface area contributed by atoms with Gasteiger partial charge in [-0.2, -0.15) is 5.10 Å². The van der Waals surface area contributed by atoms with Crippen LogP contribution in [-0.4, -0.2) is 34.0 Å². The third kappa shape index (κ3) is 5.22. The molecule has 1 aliphatic carbocycles. The first-order chi connectivity index (χ1) is 13.6. The summed E-state index contributed by atoms with van der Waals surface area (Å²) in [7, 11) is 0. The van der Waals surface area contributed by atoms with Crippen molar-refractivity contribution in [2.75, 3.05) is 6.54 Å². The fraction of sp³-hybridized carbons (Fsp3) is 0.429. The Balaban J connectivity index is 1.61. The maximum atomic E-state index is 12.6. The number of hydrogen-bond donors (Lipinski definition) is 3. The molecule has 0 spiro atoms. The number of nitrogens with one attached hydrogen (secondary N) is 2. The summed E-state index contributed by atoms with van der Waals surface area (Å²) >= 11 is 0. The topological polar surface area (TPSA) is 119 Å². The molecule has 1 heterocycles. The molecule has 1 saturated carbocycles. The lowest BCUT2D eigenvalue weighted by Gasteiger charge is -2.22. The average molecular weight is 397 g/mol. The molecule has 3 rings (SSSR count). The standard InChI is InChI=1S/C21H27N5O3/c1-21(2,3)26-17(14-8-9-14)10-16(25-26)20(29)23-11-13-4-6-15(7-5-13)19(28)24-12-18(22)27/h4-7,10,14H,8-9,11-12H2,1-3H3,(H2,22,27)(H,23,29)(H,24,28). The number of carbonyl (C=O) groups excluding carboxylic acids is 3. The van der Waals surface area contributed by atoms with Crippen LogP contribution in [-0.2, 0) is 16.9 Å². The van der Waals surface area contributed by atoms with Crippen molar-refractivity contribution in [3.05, 3.63) is 52.8 Å². The summed E-state index contributed by atoms with van der Waals surface area (Å²) in [5, 5.41) is 9.85. The van der Waals surface area contributed by atoms with Crippen molar-refractivity contribution in [1.29, 1.82) is 0 Å². The Morgan fingerprint density at radius 3 is 2.31 bits per heavy atom. The molecule has 1 fully saturated rings. The Labute approximate surface area is 169 Å². The predicted molar refractivity (Wildman–Crippen MR) is 108 cm³/mol. The number of carbonyl (C=O) groups is 3. The number of rotatable bonds is 7. The summed E-state index contributed by atoms with van der Waals surface area (Å²) in [6, 6.07) is 8.67. The van der Waals surface area contributed by atoms with Gasteiger partial charge in [0.15, 0.2) is 0 Å². The normalized spacial score (nSPS) is 13.8. The number of aromatic nitrogens is 2. The van der Waals surface area contributed by atoms with Crippen LogP contribution in [0.15, 0.2) is 30.3 Å². The Kier molecular flexibility index (Phi) is 5.72. The predicted octanol–water partition coefficient (Wildman–Crippen LogP) is 1.66. The summed E-state index contributed by atoms with van der Waals surface area (Å²) in [5.74, 6) is -0.703. The van der Waals surface area contributed by atoms with Gasteiger partial charge >= 0.3 is 0 Å². The second kappa shape index (κ2) is 8.06. The monoisotopic (exact) mass is 397 g/mol. The minimum atomic E-state index is -0.601. The smallest absolute Gasteiger partial charge is 0.272 e. The van der Waals surface area contributed by atoms with Crippen molar-refractivity contribution >= 4 is 17.7 Å². The molecule has 0 unspecified atom stereocenters. The second-order valence-electron chi connectivity index (χ2n) is 8.34. The van der Waals surface area contributed by atoms with Crippen molar-refractivity contribution in [3.8, 4) is 0 Å². The van der Waals surface area contributed by atoms with Crippen molar-refractivity contribution in [3.63, 3.8) is 0 Å². The zero-order valence-corrected chi connectivity index (χ0v) is 17.0. The summed E-state index contributed by atoms with van der Waals surface area (Å²) < 4.78 is 1.96. The molecule has 29 heavy (non-hydrogen) atoms. The molecule has 0 saturated heterocycles. The van der Waals surface area contributed by atoms with Gasteiger partial charge in [0, 0.05) is 23.7 Å². The first-order valence-corrected chi connectivity index (χ1v) is 9.69. The summed E-state index contributed by atoms with van der Waals surface area (Å²) in [4.78, 5) is 35.2. The number of hydrogen-bond acceptors (Lipinski definition) is 4. The Morgan fingerprint density at radius 1 is 1.10 bits per heavy atom. The minimum absolute atomic E-state index is 0.179. The van der Waals surface area contributed by atoms with E-state index in [-0.39, 0.29) is 23.9 Å². The molecule has 154 valence electrons. The van der Waals surface area contributed by atoms with Crippen molar-refractivity contribution < 1.29 is 14.4 Å². The Bertz CT molecular complexity index is 921. The van der Waals surface area contributed by atoms with Crippen LogP contribution in [0, 0.1) is 0 Å². The summed E-state index contributed by atoms with van der Waals surface area (Å²) in [5.41, 5.74) is 7.64. The molecular formula is C21H27N5O3. The van der Waals surface area contributed by atoms with Crippen LogP contribution in [0.25, 0.3) is 0 Å². The number of primary amides is 1. The van der Waals surface area contributed by atoms with E-state index >= 15 is 0 Å². The van der Waals surface area contributed by atoms with Gasteiger partial charge in [-0.15, -0.1) is 0 Å². The molecule has 2 aromatic rings. The Hall–Kier alpha value is -3.16. The van der Waals surface area contributed by atoms with Crippen LogP contribution in [0.5, 0.6) is 0 Å². The van der Waals surface area contributed by atoms with Gasteiger partial charge in [-0.1, -0.05) is 12.1 Å². The molecule has 1 aromatic heterocycles. The van der Waals surface area contributed by atoms with Gasteiger partial charge in [-0.25, -0.2) is 0 Å². The van der Waals surface area contributed by atoms with E-state index < -0.39 is 5.91 Å². The van der Waals surface area contributed by atoms with E-state index in [4.69, 9.17) is 5.73 Å². The van der Waals surface area contributed by atoms with Crippen molar-refractivity contribution in [2.45, 2.75) is 51.6 Å². The number of benzene rings is 1. The number of nitrogens with two attached hydrogens (primary N) is 1. The number of nitrogens with zero attached hydrogens (tertiary/aromatic N) is 2. The van der Waals surface area contributed by atoms with Gasteiger partial charge in [0.2, 0.25) is 5.91 Å². The summed E-state index contributed by atoms with van der Waals surface area (Å²) in [6.07, 6.45) is 2.28. The van der Waals surface area contributed by atoms with E-state index in [1.165, 1.54) is 0 Å². The maximum absolute atomic E-state index is 12.6. The highest BCUT2D eigenvalue weighted by Gasteiger charge is 2.32. The van der Waals surface area contributed by atoms with Gasteiger partial charge in [-0.3, -0.25) is 19.1 Å². The van der Waals surface area contributed by atoms with Gasteiger partial charge in [-0.05, 0) is 57.4 Å². The van der Waals surface area contributed by atoms with Crippen LogP contribution in [0.4, 0.5) is 0 Å². The fourth-order valence-electron chi connectivity index (χ4n) is 3.03. The van der Waals surface area contributed by atoms with Crippen molar-refractivity contribution in [1.82, 2.24) is 20.4 Å². The molecule has 4 N–H and O–H groups in total. The molecule has 0 bridgehead atoms. The molecule has 0 atom stereocenters. The largest absolute Gasteiger partial charge is 0.368 e. The van der Waals surface area contributed by atoms with Crippen LogP contribution in [0.1, 0.15) is 71.6 Å².